The Hall–Kier alpha value is -2.55. The molecule has 0 unspecified atom stereocenters. The predicted molar refractivity (Wildman–Crippen MR) is 157 cm³/mol. The van der Waals surface area contributed by atoms with Crippen LogP contribution in [0.3, 0.4) is 0 Å². The zero-order valence-corrected chi connectivity index (χ0v) is 24.4. The van der Waals surface area contributed by atoms with Crippen molar-refractivity contribution in [3.63, 3.8) is 0 Å². The summed E-state index contributed by atoms with van der Waals surface area (Å²) in [7, 11) is -4.08. The Morgan fingerprint density at radius 3 is 2.70 bits per heavy atom. The Morgan fingerprint density at radius 2 is 1.90 bits per heavy atom. The summed E-state index contributed by atoms with van der Waals surface area (Å²) in [6.07, 6.45) is 9.29. The van der Waals surface area contributed by atoms with Gasteiger partial charge in [-0.15, -0.1) is 0 Å². The lowest BCUT2D eigenvalue weighted by Gasteiger charge is -2.44. The van der Waals surface area contributed by atoms with E-state index in [4.69, 9.17) is 16.3 Å². The van der Waals surface area contributed by atoms with Gasteiger partial charge in [-0.05, 0) is 105 Å². The third-order valence-electron chi connectivity index (χ3n) is 9.58. The van der Waals surface area contributed by atoms with E-state index < -0.39 is 27.3 Å². The van der Waals surface area contributed by atoms with E-state index in [9.17, 15) is 18.3 Å². The molecule has 9 heteroatoms. The number of nitrogens with one attached hydrogen (secondary N) is 1. The smallest absolute Gasteiger partial charge is 0.264 e. The summed E-state index contributed by atoms with van der Waals surface area (Å²) in [6, 6.07) is 11.4. The van der Waals surface area contributed by atoms with Crippen molar-refractivity contribution in [1.29, 1.82) is 0 Å². The molecule has 2 aliphatic carbocycles. The number of benzene rings is 2. The minimum absolute atomic E-state index is 0.214. The van der Waals surface area contributed by atoms with Crippen LogP contribution in [-0.4, -0.2) is 50.5 Å². The summed E-state index contributed by atoms with van der Waals surface area (Å²) >= 11 is 6.37. The quantitative estimate of drug-likeness (QED) is 0.423. The van der Waals surface area contributed by atoms with E-state index in [0.29, 0.717) is 24.2 Å². The number of allylic oxidation sites excluding steroid dienone is 1. The number of ether oxygens (including phenoxy) is 1. The van der Waals surface area contributed by atoms with Gasteiger partial charge >= 0.3 is 0 Å². The van der Waals surface area contributed by atoms with Crippen LogP contribution >= 0.6 is 11.6 Å². The van der Waals surface area contributed by atoms with Crippen LogP contribution in [0.15, 0.2) is 48.6 Å². The molecule has 7 nitrogen and oxygen atoms in total. The minimum atomic E-state index is -4.08. The van der Waals surface area contributed by atoms with E-state index in [1.165, 1.54) is 18.1 Å². The van der Waals surface area contributed by atoms with Crippen LogP contribution in [0.5, 0.6) is 5.75 Å². The monoisotopic (exact) mass is 584 g/mol. The molecular formula is C31H37ClN2O5S. The Bertz CT molecular complexity index is 1440. The van der Waals surface area contributed by atoms with E-state index >= 15 is 0 Å². The zero-order valence-electron chi connectivity index (χ0n) is 22.8. The van der Waals surface area contributed by atoms with Crippen molar-refractivity contribution in [3.05, 3.63) is 70.3 Å². The second kappa shape index (κ2) is 10.7. The third kappa shape index (κ3) is 5.14. The van der Waals surface area contributed by atoms with Crippen molar-refractivity contribution in [1.82, 2.24) is 4.72 Å². The molecule has 1 fully saturated rings. The van der Waals surface area contributed by atoms with E-state index in [1.54, 1.807) is 18.2 Å². The number of hydrogen-bond acceptors (Lipinski definition) is 6. The number of amides is 1. The van der Waals surface area contributed by atoms with Crippen molar-refractivity contribution in [3.8, 4) is 5.75 Å². The number of rotatable bonds is 0. The molecule has 4 aliphatic rings. The van der Waals surface area contributed by atoms with Crippen molar-refractivity contribution in [2.45, 2.75) is 68.6 Å². The molecule has 40 heavy (non-hydrogen) atoms. The summed E-state index contributed by atoms with van der Waals surface area (Å²) in [5.41, 5.74) is 3.42. The van der Waals surface area contributed by atoms with Crippen LogP contribution in [0.1, 0.15) is 66.9 Å². The van der Waals surface area contributed by atoms with Gasteiger partial charge in [-0.25, -0.2) is 13.1 Å². The lowest BCUT2D eigenvalue weighted by Crippen LogP contribution is -2.48. The largest absolute Gasteiger partial charge is 0.490 e. The number of anilines is 1. The summed E-state index contributed by atoms with van der Waals surface area (Å²) in [6.45, 7) is 3.54. The minimum Gasteiger partial charge on any atom is -0.490 e. The number of aliphatic hydroxyl groups excluding tert-OH is 1. The lowest BCUT2D eigenvalue weighted by molar-refractivity contribution is 0.0980. The van der Waals surface area contributed by atoms with Crippen LogP contribution in [0.4, 0.5) is 5.69 Å². The highest BCUT2D eigenvalue weighted by molar-refractivity contribution is 7.90. The second-order valence-electron chi connectivity index (χ2n) is 12.1. The van der Waals surface area contributed by atoms with Gasteiger partial charge in [0.25, 0.3) is 5.91 Å². The van der Waals surface area contributed by atoms with Gasteiger partial charge in [-0.1, -0.05) is 29.8 Å². The maximum Gasteiger partial charge on any atom is 0.264 e. The first-order chi connectivity index (χ1) is 19.1. The number of carbonyl (C=O) groups excluding carboxylic acids is 1. The highest BCUT2D eigenvalue weighted by atomic mass is 35.5. The van der Waals surface area contributed by atoms with Crippen LogP contribution in [-0.2, 0) is 21.9 Å². The van der Waals surface area contributed by atoms with Crippen molar-refractivity contribution in [2.24, 2.45) is 11.8 Å². The fourth-order valence-electron chi connectivity index (χ4n) is 6.91. The molecule has 2 N–H and O–H groups in total. The zero-order chi connectivity index (χ0) is 28.1. The number of nitrogens with zero attached hydrogens (tertiary/aromatic N) is 1. The van der Waals surface area contributed by atoms with Crippen molar-refractivity contribution in [2.75, 3.05) is 24.6 Å². The van der Waals surface area contributed by atoms with Gasteiger partial charge in [0.1, 0.15) is 11.0 Å². The Kier molecular flexibility index (Phi) is 7.38. The first-order valence-electron chi connectivity index (χ1n) is 14.3. The van der Waals surface area contributed by atoms with E-state index in [2.05, 4.69) is 27.8 Å². The average Bonchev–Trinajstić information content (AvgIpc) is 3.06. The van der Waals surface area contributed by atoms with Gasteiger partial charge in [0.05, 0.1) is 18.4 Å². The van der Waals surface area contributed by atoms with Gasteiger partial charge in [-0.3, -0.25) is 4.79 Å². The van der Waals surface area contributed by atoms with E-state index in [1.807, 2.05) is 12.1 Å². The molecule has 0 aromatic heterocycles. The maximum absolute atomic E-state index is 13.2. The Balaban J connectivity index is 1.41. The molecule has 6 rings (SSSR count). The fourth-order valence-corrected chi connectivity index (χ4v) is 8.19. The van der Waals surface area contributed by atoms with E-state index in [-0.39, 0.29) is 17.4 Å². The van der Waals surface area contributed by atoms with Gasteiger partial charge in [0.2, 0.25) is 10.0 Å². The molecule has 0 saturated heterocycles. The average molecular weight is 585 g/mol. The molecule has 1 spiro atoms. The molecule has 1 amide bonds. The topological polar surface area (TPSA) is 95.9 Å². The molecule has 2 heterocycles. The third-order valence-corrected chi connectivity index (χ3v) is 11.6. The first-order valence-corrected chi connectivity index (χ1v) is 16.3. The molecule has 5 atom stereocenters. The highest BCUT2D eigenvalue weighted by Gasteiger charge is 2.43. The summed E-state index contributed by atoms with van der Waals surface area (Å²) in [4.78, 5) is 15.6. The Morgan fingerprint density at radius 1 is 1.10 bits per heavy atom. The second-order valence-corrected chi connectivity index (χ2v) is 14.6. The Labute approximate surface area is 241 Å². The SMILES string of the molecule is C[C@@H]1[C@@H](O)C/C=C/C[C@@H]2CC[C@H]2CN2C[C@@]3(CCCc4cc(Cl)ccc43)COc3ccc(cc32)C(=O)NS1(=O)=O. The van der Waals surface area contributed by atoms with Crippen molar-refractivity contribution < 1.29 is 23.1 Å². The predicted octanol–water partition coefficient (Wildman–Crippen LogP) is 5.00. The van der Waals surface area contributed by atoms with Crippen LogP contribution < -0.4 is 14.4 Å². The molecule has 0 radical (unpaired) electrons. The number of hydrogen-bond donors (Lipinski definition) is 2. The molecule has 214 valence electrons. The molecule has 2 aliphatic heterocycles. The molecular weight excluding hydrogens is 548 g/mol. The number of sulfonamides is 1. The van der Waals surface area contributed by atoms with Gasteiger partial charge in [-0.2, -0.15) is 0 Å². The number of aliphatic hydroxyl groups is 1. The number of carbonyl (C=O) groups is 1. The molecule has 2 bridgehead atoms. The highest BCUT2D eigenvalue weighted by Crippen LogP contribution is 2.46. The molecule has 1 saturated carbocycles. The first kappa shape index (κ1) is 27.6. The van der Waals surface area contributed by atoms with Crippen LogP contribution in [0.25, 0.3) is 0 Å². The van der Waals surface area contributed by atoms with Crippen LogP contribution in [0, 0.1) is 11.8 Å². The fraction of sp³-hybridized carbons (Fsp3) is 0.516. The van der Waals surface area contributed by atoms with E-state index in [0.717, 1.165) is 62.3 Å². The van der Waals surface area contributed by atoms with Crippen molar-refractivity contribution >= 4 is 33.2 Å². The standard InChI is InChI=1S/C31H37ClN2O5S/c1-20-28(35)7-3-2-5-21-8-9-24(21)17-34-18-31(14-4-6-22-15-25(32)11-12-26(22)31)19-39-29-13-10-23(16-27(29)34)30(36)33-40(20,37)38/h2-3,10-13,15-16,20-21,24,28,35H,4-9,14,17-19H2,1H3,(H,33,36)/b3-2+/t20-,21-,24+,28+,31+/m1/s1. The summed E-state index contributed by atoms with van der Waals surface area (Å²) < 4.78 is 34.6. The summed E-state index contributed by atoms with van der Waals surface area (Å²) in [5, 5.41) is 10.1. The van der Waals surface area contributed by atoms with Crippen LogP contribution in [0.2, 0.25) is 5.02 Å². The number of halogens is 1. The molecule has 2 aromatic rings. The maximum atomic E-state index is 13.2. The number of aryl methyl sites for hydroxylation is 1. The molecule has 2 aromatic carbocycles. The van der Waals surface area contributed by atoms with Gasteiger partial charge in [0.15, 0.2) is 0 Å². The van der Waals surface area contributed by atoms with Gasteiger partial charge < -0.3 is 14.7 Å². The van der Waals surface area contributed by atoms with Gasteiger partial charge in [0, 0.05) is 29.1 Å². The number of fused-ring (bicyclic) bond motifs is 4. The summed E-state index contributed by atoms with van der Waals surface area (Å²) in [5.74, 6) is 1.02. The lowest BCUT2D eigenvalue weighted by atomic mass is 9.69. The normalized spacial score (nSPS) is 32.5.